The van der Waals surface area contributed by atoms with Gasteiger partial charge >= 0.3 is 0 Å². The van der Waals surface area contributed by atoms with Crippen LogP contribution in [0.1, 0.15) is 111 Å². The maximum atomic E-state index is 6.20. The molecule has 0 aliphatic rings. The molecule has 1 atom stereocenters. The van der Waals surface area contributed by atoms with Crippen LogP contribution in [0.15, 0.2) is 0 Å². The molecule has 0 aromatic heterocycles. The Bertz CT molecular complexity index is 304. The summed E-state index contributed by atoms with van der Waals surface area (Å²) in [4.78, 5) is 0. The van der Waals surface area contributed by atoms with Crippen LogP contribution in [0, 0.1) is 0 Å². The van der Waals surface area contributed by atoms with Crippen molar-refractivity contribution in [2.24, 2.45) is 0 Å². The Labute approximate surface area is 181 Å². The van der Waals surface area contributed by atoms with E-state index in [1.165, 1.54) is 57.8 Å². The maximum Gasteiger partial charge on any atom is 0.180 e. The average Bonchev–Trinajstić information content (AvgIpc) is 2.63. The van der Waals surface area contributed by atoms with Gasteiger partial charge in [-0.1, -0.05) is 98.2 Å². The molecule has 0 saturated heterocycles. The lowest BCUT2D eigenvalue weighted by atomic mass is 9.99. The van der Waals surface area contributed by atoms with Gasteiger partial charge in [0, 0.05) is 25.5 Å². The minimum atomic E-state index is -1.51. The third kappa shape index (κ3) is 21.0. The second-order valence-corrected chi connectivity index (χ2v) is 10.5. The van der Waals surface area contributed by atoms with E-state index in [1.807, 2.05) is 0 Å². The van der Waals surface area contributed by atoms with Crippen LogP contribution in [0.3, 0.4) is 0 Å². The molecular formula is C23H51BO3S. The van der Waals surface area contributed by atoms with Gasteiger partial charge in [0.25, 0.3) is 0 Å². The standard InChI is InChI=1S/C22H47BO3S.CH4/c1-5-7-8-9-10-11-13-16-20-24-22(18-6-2)26-27(3,4)25-21-17-14-12-15-19-23;/h22H,5-21H2,1-4H3;1H4. The molecular weight excluding hydrogens is 367 g/mol. The molecule has 0 amide bonds. The fourth-order valence-electron chi connectivity index (χ4n) is 2.99. The molecule has 0 spiro atoms. The molecule has 0 rings (SSSR count). The summed E-state index contributed by atoms with van der Waals surface area (Å²) in [6, 6.07) is 0. The number of rotatable bonds is 21. The Morgan fingerprint density at radius 2 is 1.25 bits per heavy atom. The molecule has 0 aromatic carbocycles. The third-order valence-electron chi connectivity index (χ3n) is 4.63. The van der Waals surface area contributed by atoms with Crippen molar-refractivity contribution in [1.29, 1.82) is 0 Å². The molecule has 0 bridgehead atoms. The van der Waals surface area contributed by atoms with Gasteiger partial charge in [-0.15, -0.1) is 0 Å². The summed E-state index contributed by atoms with van der Waals surface area (Å²) in [6.07, 6.45) is 22.0. The normalized spacial score (nSPS) is 13.3. The smallest absolute Gasteiger partial charge is 0.180 e. The molecule has 5 heteroatoms. The number of unbranched alkanes of at least 4 members (excludes halogenated alkanes) is 10. The number of ether oxygens (including phenoxy) is 1. The summed E-state index contributed by atoms with van der Waals surface area (Å²) >= 11 is 0. The molecule has 0 aliphatic heterocycles. The van der Waals surface area contributed by atoms with Crippen molar-refractivity contribution >= 4 is 18.4 Å². The van der Waals surface area contributed by atoms with Gasteiger partial charge in [0.1, 0.15) is 0 Å². The maximum absolute atomic E-state index is 6.20. The first-order chi connectivity index (χ1) is 13.1. The van der Waals surface area contributed by atoms with Gasteiger partial charge in [-0.3, -0.25) is 8.37 Å². The van der Waals surface area contributed by atoms with Crippen LogP contribution in [0.5, 0.6) is 0 Å². The lowest BCUT2D eigenvalue weighted by molar-refractivity contribution is -0.0834. The topological polar surface area (TPSA) is 27.7 Å². The van der Waals surface area contributed by atoms with Crippen LogP contribution in [0.25, 0.3) is 0 Å². The van der Waals surface area contributed by atoms with Crippen molar-refractivity contribution in [2.75, 3.05) is 25.7 Å². The van der Waals surface area contributed by atoms with Gasteiger partial charge in [-0.25, -0.2) is 0 Å². The molecule has 3 nitrogen and oxygen atoms in total. The van der Waals surface area contributed by atoms with E-state index in [2.05, 4.69) is 26.4 Å². The van der Waals surface area contributed by atoms with Gasteiger partial charge in [0.15, 0.2) is 6.29 Å². The summed E-state index contributed by atoms with van der Waals surface area (Å²) in [7, 11) is 4.02. The van der Waals surface area contributed by atoms with Crippen LogP contribution in [0.2, 0.25) is 6.32 Å². The third-order valence-corrected chi connectivity index (χ3v) is 6.04. The van der Waals surface area contributed by atoms with E-state index in [0.29, 0.717) is 0 Å². The molecule has 170 valence electrons. The summed E-state index contributed by atoms with van der Waals surface area (Å²) in [5, 5.41) is 0. The van der Waals surface area contributed by atoms with Gasteiger partial charge < -0.3 is 4.74 Å². The zero-order valence-corrected chi connectivity index (χ0v) is 19.6. The fourth-order valence-corrected chi connectivity index (χ4v) is 4.23. The van der Waals surface area contributed by atoms with Crippen LogP contribution in [-0.2, 0) is 13.1 Å². The molecule has 0 fully saturated rings. The Morgan fingerprint density at radius 3 is 1.82 bits per heavy atom. The molecule has 2 radical (unpaired) electrons. The van der Waals surface area contributed by atoms with Gasteiger partial charge in [0.05, 0.1) is 14.5 Å². The Hall–Kier alpha value is 0.295. The van der Waals surface area contributed by atoms with E-state index < -0.39 is 10.6 Å². The average molecular weight is 419 g/mol. The SMILES string of the molecule is C.[B]CCCCCCOS(C)(C)OC(CCC)OCCCCCCCCCC. The molecule has 0 aliphatic carbocycles. The summed E-state index contributed by atoms with van der Waals surface area (Å²) in [5.41, 5.74) is 0. The zero-order chi connectivity index (χ0) is 20.2. The second kappa shape index (κ2) is 22.0. The molecule has 0 aromatic rings. The first-order valence-corrected chi connectivity index (χ1v) is 13.7. The van der Waals surface area contributed by atoms with E-state index in [1.54, 1.807) is 0 Å². The number of hydrogen-bond acceptors (Lipinski definition) is 3. The van der Waals surface area contributed by atoms with Gasteiger partial charge in [0.2, 0.25) is 0 Å². The largest absolute Gasteiger partial charge is 0.351 e. The summed E-state index contributed by atoms with van der Waals surface area (Å²) in [6.45, 7) is 6.01. The van der Waals surface area contributed by atoms with Crippen LogP contribution >= 0.6 is 10.6 Å². The lowest BCUT2D eigenvalue weighted by Gasteiger charge is -2.38. The highest BCUT2D eigenvalue weighted by molar-refractivity contribution is 8.24. The van der Waals surface area contributed by atoms with E-state index in [-0.39, 0.29) is 13.7 Å². The molecule has 0 saturated carbocycles. The van der Waals surface area contributed by atoms with Crippen molar-refractivity contribution in [3.05, 3.63) is 0 Å². The van der Waals surface area contributed by atoms with E-state index >= 15 is 0 Å². The van der Waals surface area contributed by atoms with Crippen molar-refractivity contribution in [3.8, 4) is 0 Å². The van der Waals surface area contributed by atoms with Gasteiger partial charge in [-0.05, 0) is 12.8 Å². The van der Waals surface area contributed by atoms with E-state index in [4.69, 9.17) is 20.9 Å². The minimum Gasteiger partial charge on any atom is -0.351 e. The highest BCUT2D eigenvalue weighted by Crippen LogP contribution is 2.44. The second-order valence-electron chi connectivity index (χ2n) is 7.83. The molecule has 1 unspecified atom stereocenters. The number of hydrogen-bond donors (Lipinski definition) is 0. The molecule has 0 heterocycles. The monoisotopic (exact) mass is 418 g/mol. The Balaban J connectivity index is 0. The van der Waals surface area contributed by atoms with E-state index in [9.17, 15) is 0 Å². The first kappa shape index (κ1) is 30.5. The van der Waals surface area contributed by atoms with Crippen molar-refractivity contribution in [3.63, 3.8) is 0 Å². The van der Waals surface area contributed by atoms with E-state index in [0.717, 1.165) is 51.6 Å². The Morgan fingerprint density at radius 1 is 0.714 bits per heavy atom. The van der Waals surface area contributed by atoms with Crippen LogP contribution in [-0.4, -0.2) is 39.9 Å². The minimum absolute atomic E-state index is 0. The van der Waals surface area contributed by atoms with Crippen molar-refractivity contribution in [1.82, 2.24) is 0 Å². The lowest BCUT2D eigenvalue weighted by Crippen LogP contribution is -2.21. The van der Waals surface area contributed by atoms with Crippen molar-refractivity contribution in [2.45, 2.75) is 124 Å². The molecule has 0 N–H and O–H groups in total. The summed E-state index contributed by atoms with van der Waals surface area (Å²) in [5.74, 6) is 0. The highest BCUT2D eigenvalue weighted by Gasteiger charge is 2.17. The van der Waals surface area contributed by atoms with Gasteiger partial charge in [-0.2, -0.15) is 10.6 Å². The predicted molar refractivity (Wildman–Crippen MR) is 129 cm³/mol. The predicted octanol–water partition coefficient (Wildman–Crippen LogP) is 7.98. The quantitative estimate of drug-likeness (QED) is 0.107. The zero-order valence-electron chi connectivity index (χ0n) is 18.8. The molecule has 28 heavy (non-hydrogen) atoms. The van der Waals surface area contributed by atoms with Crippen LogP contribution in [0.4, 0.5) is 0 Å². The van der Waals surface area contributed by atoms with Crippen LogP contribution < -0.4 is 0 Å². The Kier molecular flexibility index (Phi) is 23.9. The summed E-state index contributed by atoms with van der Waals surface area (Å²) < 4.78 is 18.3. The first-order valence-electron chi connectivity index (χ1n) is 11.4. The van der Waals surface area contributed by atoms with Crippen molar-refractivity contribution < 1.29 is 13.1 Å². The fraction of sp³-hybridized carbons (Fsp3) is 1.00. The highest BCUT2D eigenvalue weighted by atomic mass is 32.3.